The molecule has 0 aliphatic carbocycles. The molecule has 1 N–H and O–H groups in total. The van der Waals surface area contributed by atoms with Crippen LogP contribution >= 0.6 is 0 Å². The Labute approximate surface area is 222 Å². The molecule has 2 fully saturated rings. The molecule has 196 valence electrons. The van der Waals surface area contributed by atoms with E-state index in [2.05, 4.69) is 5.32 Å². The van der Waals surface area contributed by atoms with Gasteiger partial charge in [0.15, 0.2) is 5.82 Å². The fourth-order valence-corrected chi connectivity index (χ4v) is 5.42. The van der Waals surface area contributed by atoms with Gasteiger partial charge in [-0.2, -0.15) is 0 Å². The van der Waals surface area contributed by atoms with Gasteiger partial charge in [0, 0.05) is 32.2 Å². The maximum atomic E-state index is 13.0. The van der Waals surface area contributed by atoms with Crippen LogP contribution in [0.2, 0.25) is 0 Å². The van der Waals surface area contributed by atoms with Crippen LogP contribution in [0.15, 0.2) is 60.7 Å². The molecule has 38 heavy (non-hydrogen) atoms. The third-order valence-electron chi connectivity index (χ3n) is 7.71. The van der Waals surface area contributed by atoms with Gasteiger partial charge in [0.05, 0.1) is 37.1 Å². The number of pyridine rings is 1. The second-order valence-electron chi connectivity index (χ2n) is 10.4. The van der Waals surface area contributed by atoms with Gasteiger partial charge in [-0.25, -0.2) is 4.98 Å². The number of likely N-dealkylation sites (N-methyl/N-ethyl adjacent to an activating group) is 1. The Bertz CT molecular complexity index is 1380. The first kappa shape index (κ1) is 24.2. The molecule has 0 saturated carbocycles. The van der Waals surface area contributed by atoms with E-state index in [1.54, 1.807) is 25.1 Å². The van der Waals surface area contributed by atoms with Crippen LogP contribution < -0.4 is 19.9 Å². The summed E-state index contributed by atoms with van der Waals surface area (Å²) in [5, 5.41) is 3.35. The number of hydrogen-bond acceptors (Lipinski definition) is 7. The maximum absolute atomic E-state index is 13.0. The summed E-state index contributed by atoms with van der Waals surface area (Å²) in [4.78, 5) is 36.4. The van der Waals surface area contributed by atoms with Crippen molar-refractivity contribution in [2.24, 2.45) is 5.41 Å². The van der Waals surface area contributed by atoms with Crippen LogP contribution in [0.25, 0.3) is 0 Å². The van der Waals surface area contributed by atoms with Crippen LogP contribution in [0.1, 0.15) is 22.8 Å². The fraction of sp³-hybridized carbons (Fsp3) is 0.345. The first-order valence-electron chi connectivity index (χ1n) is 12.8. The molecule has 0 radical (unpaired) electrons. The average molecular weight is 514 g/mol. The molecule has 3 aliphatic heterocycles. The zero-order chi connectivity index (χ0) is 26.4. The van der Waals surface area contributed by atoms with E-state index in [1.807, 2.05) is 71.3 Å². The van der Waals surface area contributed by atoms with Crippen LogP contribution in [0.5, 0.6) is 5.75 Å². The molecule has 0 unspecified atom stereocenters. The Morgan fingerprint density at radius 1 is 1.13 bits per heavy atom. The highest BCUT2D eigenvalue weighted by Gasteiger charge is 2.50. The van der Waals surface area contributed by atoms with E-state index >= 15 is 0 Å². The number of anilines is 4. The summed E-state index contributed by atoms with van der Waals surface area (Å²) in [5.41, 5.74) is 3.31. The molecule has 9 heteroatoms. The van der Waals surface area contributed by atoms with E-state index in [1.165, 1.54) is 0 Å². The number of amides is 2. The lowest BCUT2D eigenvalue weighted by atomic mass is 9.78. The van der Waals surface area contributed by atoms with E-state index in [0.29, 0.717) is 29.4 Å². The Morgan fingerprint density at radius 2 is 1.89 bits per heavy atom. The van der Waals surface area contributed by atoms with Crippen molar-refractivity contribution < 1.29 is 19.1 Å². The topological polar surface area (TPSA) is 87.2 Å². The molecule has 0 bridgehead atoms. The number of carbonyl (C=O) groups is 2. The number of nitrogens with zero attached hydrogens (tertiary/aromatic N) is 4. The van der Waals surface area contributed by atoms with Gasteiger partial charge < -0.3 is 29.5 Å². The van der Waals surface area contributed by atoms with Gasteiger partial charge in [-0.15, -0.1) is 0 Å². The number of carbonyl (C=O) groups excluding carboxylic acids is 2. The smallest absolute Gasteiger partial charge is 0.254 e. The van der Waals surface area contributed by atoms with Crippen molar-refractivity contribution in [3.05, 3.63) is 71.8 Å². The van der Waals surface area contributed by atoms with Gasteiger partial charge >= 0.3 is 0 Å². The SMILES string of the molecule is COc1cc(C(=O)N2CC3(COC3)C2)ccc1Nc1ccc2c(n1)N(Cc1ccccc1)[C@H](C)C(=O)N2C. The minimum Gasteiger partial charge on any atom is -0.495 e. The number of methoxy groups -OCH3 is 1. The highest BCUT2D eigenvalue weighted by Crippen LogP contribution is 2.40. The van der Waals surface area contributed by atoms with Crippen LogP contribution in [-0.2, 0) is 16.1 Å². The maximum Gasteiger partial charge on any atom is 0.254 e. The zero-order valence-corrected chi connectivity index (χ0v) is 21.8. The number of benzene rings is 2. The summed E-state index contributed by atoms with van der Waals surface area (Å²) in [5.74, 6) is 1.92. The van der Waals surface area contributed by atoms with E-state index in [0.717, 1.165) is 43.4 Å². The average Bonchev–Trinajstić information content (AvgIpc) is 2.89. The van der Waals surface area contributed by atoms with Gasteiger partial charge in [-0.1, -0.05) is 30.3 Å². The highest BCUT2D eigenvalue weighted by molar-refractivity contribution is 6.04. The van der Waals surface area contributed by atoms with Gasteiger partial charge in [0.25, 0.3) is 5.91 Å². The van der Waals surface area contributed by atoms with Crippen molar-refractivity contribution in [3.63, 3.8) is 0 Å². The van der Waals surface area contributed by atoms with E-state index < -0.39 is 0 Å². The molecule has 2 amide bonds. The zero-order valence-electron chi connectivity index (χ0n) is 21.8. The first-order chi connectivity index (χ1) is 18.4. The van der Waals surface area contributed by atoms with Crippen molar-refractivity contribution >= 4 is 34.8 Å². The molecule has 1 atom stereocenters. The van der Waals surface area contributed by atoms with Crippen molar-refractivity contribution in [1.29, 1.82) is 0 Å². The predicted molar refractivity (Wildman–Crippen MR) is 145 cm³/mol. The Morgan fingerprint density at radius 3 is 2.58 bits per heavy atom. The van der Waals surface area contributed by atoms with E-state index in [9.17, 15) is 9.59 Å². The largest absolute Gasteiger partial charge is 0.495 e. The number of rotatable bonds is 6. The van der Waals surface area contributed by atoms with Crippen molar-refractivity contribution in [2.75, 3.05) is 55.6 Å². The first-order valence-corrected chi connectivity index (χ1v) is 12.8. The fourth-order valence-electron chi connectivity index (χ4n) is 5.42. The second kappa shape index (κ2) is 9.33. The lowest BCUT2D eigenvalue weighted by Crippen LogP contribution is -2.67. The van der Waals surface area contributed by atoms with Gasteiger partial charge in [-0.3, -0.25) is 9.59 Å². The van der Waals surface area contributed by atoms with Crippen LogP contribution in [0, 0.1) is 5.41 Å². The van der Waals surface area contributed by atoms with Crippen LogP contribution in [0.4, 0.5) is 23.0 Å². The molecular formula is C29H31N5O4. The van der Waals surface area contributed by atoms with Crippen molar-refractivity contribution in [1.82, 2.24) is 9.88 Å². The lowest BCUT2D eigenvalue weighted by molar-refractivity contribution is -0.176. The highest BCUT2D eigenvalue weighted by atomic mass is 16.5. The molecular weight excluding hydrogens is 482 g/mol. The molecule has 3 aromatic rings. The number of nitrogens with one attached hydrogen (secondary N) is 1. The van der Waals surface area contributed by atoms with Gasteiger partial charge in [0.2, 0.25) is 5.91 Å². The summed E-state index contributed by atoms with van der Waals surface area (Å²) >= 11 is 0. The summed E-state index contributed by atoms with van der Waals surface area (Å²) in [6, 6.07) is 18.9. The molecule has 2 saturated heterocycles. The summed E-state index contributed by atoms with van der Waals surface area (Å²) in [7, 11) is 3.37. The molecule has 1 spiro atoms. The third kappa shape index (κ3) is 4.12. The quantitative estimate of drug-likeness (QED) is 0.538. The molecule has 4 heterocycles. The number of aromatic nitrogens is 1. The molecule has 2 aromatic carbocycles. The monoisotopic (exact) mass is 513 g/mol. The van der Waals surface area contributed by atoms with Gasteiger partial charge in [0.1, 0.15) is 17.6 Å². The normalized spacial score (nSPS) is 19.5. The van der Waals surface area contributed by atoms with Crippen molar-refractivity contribution in [3.8, 4) is 5.75 Å². The Hall–Kier alpha value is -4.11. The molecule has 3 aliphatic rings. The van der Waals surface area contributed by atoms with Crippen LogP contribution in [0.3, 0.4) is 0 Å². The minimum absolute atomic E-state index is 0.00229. The number of hydrogen-bond donors (Lipinski definition) is 1. The molecule has 9 nitrogen and oxygen atoms in total. The van der Waals surface area contributed by atoms with Crippen molar-refractivity contribution in [2.45, 2.75) is 19.5 Å². The second-order valence-corrected chi connectivity index (χ2v) is 10.4. The van der Waals surface area contributed by atoms with E-state index in [-0.39, 0.29) is 23.3 Å². The lowest BCUT2D eigenvalue weighted by Gasteiger charge is -2.54. The third-order valence-corrected chi connectivity index (χ3v) is 7.71. The summed E-state index contributed by atoms with van der Waals surface area (Å²) < 4.78 is 10.9. The molecule has 1 aromatic heterocycles. The number of fused-ring (bicyclic) bond motifs is 1. The summed E-state index contributed by atoms with van der Waals surface area (Å²) in [6.07, 6.45) is 0. The Kier molecular flexibility index (Phi) is 5.95. The van der Waals surface area contributed by atoms with Gasteiger partial charge in [-0.05, 0) is 42.8 Å². The van der Waals surface area contributed by atoms with Crippen LogP contribution in [-0.4, -0.2) is 68.2 Å². The standard InChI is InChI=1S/C29H31N5O4/c1-19-27(35)32(2)23-11-12-25(31-26(23)34(19)14-20-7-5-4-6-8-20)30-22-10-9-21(13-24(22)37-3)28(36)33-15-29(16-33)17-38-18-29/h4-13,19H,14-18H2,1-3H3,(H,30,31)/t19-/m1/s1. The number of likely N-dealkylation sites (tertiary alicyclic amines) is 1. The molecule has 6 rings (SSSR count). The van der Waals surface area contributed by atoms with E-state index in [4.69, 9.17) is 14.5 Å². The minimum atomic E-state index is -0.359. The Balaban J connectivity index is 1.25. The summed E-state index contributed by atoms with van der Waals surface area (Å²) in [6.45, 7) is 5.42. The predicted octanol–water partition coefficient (Wildman–Crippen LogP) is 3.68. The number of ether oxygens (including phenoxy) is 2.